The van der Waals surface area contributed by atoms with Crippen molar-refractivity contribution in [1.29, 1.82) is 5.26 Å². The molecule has 1 aliphatic rings. The quantitative estimate of drug-likeness (QED) is 0.373. The molecule has 1 aliphatic heterocycles. The third-order valence-electron chi connectivity index (χ3n) is 6.25. The van der Waals surface area contributed by atoms with Crippen molar-refractivity contribution in [3.63, 3.8) is 0 Å². The van der Waals surface area contributed by atoms with E-state index in [-0.39, 0.29) is 18.6 Å². The van der Waals surface area contributed by atoms with Crippen molar-refractivity contribution in [3.05, 3.63) is 84.2 Å². The zero-order valence-electron chi connectivity index (χ0n) is 21.5. The van der Waals surface area contributed by atoms with Gasteiger partial charge in [-0.3, -0.25) is 14.5 Å². The van der Waals surface area contributed by atoms with Crippen LogP contribution in [0.4, 0.5) is 20.6 Å². The lowest BCUT2D eigenvalue weighted by Gasteiger charge is -2.33. The molecule has 0 unspecified atom stereocenters. The first-order chi connectivity index (χ1) is 18.7. The molecule has 2 amide bonds. The van der Waals surface area contributed by atoms with Gasteiger partial charge in [-0.05, 0) is 79.1 Å². The number of sulfonamides is 1. The zero-order valence-corrected chi connectivity index (χ0v) is 22.3. The highest BCUT2D eigenvalue weighted by molar-refractivity contribution is 7.92. The molecule has 0 saturated carbocycles. The van der Waals surface area contributed by atoms with E-state index < -0.39 is 15.8 Å². The summed E-state index contributed by atoms with van der Waals surface area (Å²) in [5.41, 5.74) is 2.08. The maximum absolute atomic E-state index is 13.3. The molecule has 0 atom stereocenters. The Bertz CT molecular complexity index is 1400. The molecule has 3 aromatic carbocycles. The lowest BCUT2D eigenvalue weighted by Crippen LogP contribution is -2.49. The normalized spacial score (nSPS) is 14.3. The van der Waals surface area contributed by atoms with Gasteiger partial charge in [-0.2, -0.15) is 5.26 Å². The van der Waals surface area contributed by atoms with Crippen LogP contribution in [0.1, 0.15) is 18.4 Å². The molecule has 4 rings (SSSR count). The number of piperidine rings is 1. The van der Waals surface area contributed by atoms with E-state index in [0.717, 1.165) is 44.3 Å². The van der Waals surface area contributed by atoms with Gasteiger partial charge in [0.25, 0.3) is 0 Å². The first kappa shape index (κ1) is 27.9. The number of likely N-dealkylation sites (tertiary alicyclic amines) is 1. The van der Waals surface area contributed by atoms with Crippen molar-refractivity contribution in [3.8, 4) is 17.6 Å². The number of anilines is 2. The third-order valence-corrected chi connectivity index (χ3v) is 6.86. The fraction of sp³-hybridized carbons (Fsp3) is 0.286. The van der Waals surface area contributed by atoms with Crippen LogP contribution in [0.3, 0.4) is 0 Å². The Hall–Kier alpha value is -4.14. The van der Waals surface area contributed by atoms with Crippen molar-refractivity contribution >= 4 is 27.4 Å². The van der Waals surface area contributed by atoms with Crippen molar-refractivity contribution in [2.75, 3.05) is 35.5 Å². The molecule has 204 valence electrons. The SMILES string of the molecule is CS(=O)(=O)Nc1ccc(Oc2ccc(CN3CCC(NC(=O)N(CC#N)c4ccc(F)cc4)CC3)cc2)cc1. The maximum atomic E-state index is 13.3. The molecule has 0 spiro atoms. The minimum atomic E-state index is -3.33. The third kappa shape index (κ3) is 8.43. The summed E-state index contributed by atoms with van der Waals surface area (Å²) < 4.78 is 44.2. The molecule has 3 aromatic rings. The lowest BCUT2D eigenvalue weighted by atomic mass is 10.0. The number of urea groups is 1. The topological polar surface area (TPSA) is 115 Å². The van der Waals surface area contributed by atoms with Gasteiger partial charge in [-0.25, -0.2) is 17.6 Å². The Morgan fingerprint density at radius 3 is 2.18 bits per heavy atom. The van der Waals surface area contributed by atoms with E-state index in [9.17, 15) is 17.6 Å². The van der Waals surface area contributed by atoms with Crippen LogP contribution < -0.4 is 19.7 Å². The summed E-state index contributed by atoms with van der Waals surface area (Å²) in [5.74, 6) is 0.868. The van der Waals surface area contributed by atoms with Crippen LogP contribution in [0.5, 0.6) is 11.5 Å². The average Bonchev–Trinajstić information content (AvgIpc) is 2.90. The van der Waals surface area contributed by atoms with Crippen LogP contribution in [0.25, 0.3) is 0 Å². The number of ether oxygens (including phenoxy) is 1. The Kier molecular flexibility index (Phi) is 9.01. The van der Waals surface area contributed by atoms with Crippen molar-refractivity contribution < 1.29 is 22.3 Å². The average molecular weight is 552 g/mol. The fourth-order valence-corrected chi connectivity index (χ4v) is 4.89. The van der Waals surface area contributed by atoms with Gasteiger partial charge >= 0.3 is 6.03 Å². The maximum Gasteiger partial charge on any atom is 0.323 e. The van der Waals surface area contributed by atoms with Gasteiger partial charge in [0.05, 0.1) is 12.3 Å². The van der Waals surface area contributed by atoms with Crippen molar-refractivity contribution in [2.24, 2.45) is 0 Å². The summed E-state index contributed by atoms with van der Waals surface area (Å²) >= 11 is 0. The van der Waals surface area contributed by atoms with Gasteiger partial charge in [0.1, 0.15) is 23.9 Å². The molecule has 0 aliphatic carbocycles. The lowest BCUT2D eigenvalue weighted by molar-refractivity contribution is 0.188. The number of hydrogen-bond donors (Lipinski definition) is 2. The summed E-state index contributed by atoms with van der Waals surface area (Å²) in [7, 11) is -3.33. The molecule has 0 radical (unpaired) electrons. The first-order valence-corrected chi connectivity index (χ1v) is 14.4. The predicted octanol–water partition coefficient (Wildman–Crippen LogP) is 4.69. The Morgan fingerprint density at radius 1 is 1.03 bits per heavy atom. The van der Waals surface area contributed by atoms with E-state index >= 15 is 0 Å². The number of rotatable bonds is 9. The molecule has 11 heteroatoms. The minimum absolute atomic E-state index is 0.00908. The molecular weight excluding hydrogens is 521 g/mol. The monoisotopic (exact) mass is 551 g/mol. The fourth-order valence-electron chi connectivity index (χ4n) is 4.32. The Morgan fingerprint density at radius 2 is 1.62 bits per heavy atom. The molecule has 1 heterocycles. The summed E-state index contributed by atoms with van der Waals surface area (Å²) in [6.07, 6.45) is 2.66. The molecule has 9 nitrogen and oxygen atoms in total. The highest BCUT2D eigenvalue weighted by atomic mass is 32.2. The van der Waals surface area contributed by atoms with Gasteiger partial charge in [-0.15, -0.1) is 0 Å². The number of amides is 2. The second kappa shape index (κ2) is 12.6. The molecular formula is C28H30FN5O4S. The van der Waals surface area contributed by atoms with Crippen LogP contribution >= 0.6 is 0 Å². The van der Waals surface area contributed by atoms with E-state index in [1.807, 2.05) is 30.3 Å². The molecule has 1 saturated heterocycles. The minimum Gasteiger partial charge on any atom is -0.457 e. The second-order valence-electron chi connectivity index (χ2n) is 9.37. The smallest absolute Gasteiger partial charge is 0.323 e. The van der Waals surface area contributed by atoms with E-state index in [2.05, 4.69) is 14.9 Å². The van der Waals surface area contributed by atoms with Crippen molar-refractivity contribution in [2.45, 2.75) is 25.4 Å². The Balaban J connectivity index is 1.24. The number of hydrogen-bond acceptors (Lipinski definition) is 6. The van der Waals surface area contributed by atoms with E-state index in [1.165, 1.54) is 29.2 Å². The predicted molar refractivity (Wildman–Crippen MR) is 148 cm³/mol. The van der Waals surface area contributed by atoms with Gasteiger partial charge in [-0.1, -0.05) is 12.1 Å². The van der Waals surface area contributed by atoms with Gasteiger partial charge in [0, 0.05) is 37.1 Å². The number of benzene rings is 3. The molecule has 39 heavy (non-hydrogen) atoms. The number of carbonyl (C=O) groups excluding carboxylic acids is 1. The van der Waals surface area contributed by atoms with Crippen LogP contribution in [-0.2, 0) is 16.6 Å². The van der Waals surface area contributed by atoms with Crippen LogP contribution in [0, 0.1) is 17.1 Å². The standard InChI is InChI=1S/C28H30FN5O4S/c1-39(36,37)32-24-6-12-27(13-7-24)38-26-10-2-21(3-11-26)20-33-17-14-23(15-18-33)31-28(35)34(19-16-30)25-8-4-22(29)5-9-25/h2-13,23,32H,14-15,17-20H2,1H3,(H,31,35). The highest BCUT2D eigenvalue weighted by Gasteiger charge is 2.24. The summed E-state index contributed by atoms with van der Waals surface area (Å²) in [6.45, 7) is 2.27. The summed E-state index contributed by atoms with van der Waals surface area (Å²) in [4.78, 5) is 16.4. The molecule has 0 aromatic heterocycles. The van der Waals surface area contributed by atoms with Gasteiger partial charge in [0.15, 0.2) is 0 Å². The Labute approximate surface area is 227 Å². The molecule has 1 fully saturated rings. The molecule has 0 bridgehead atoms. The van der Waals surface area contributed by atoms with E-state index in [4.69, 9.17) is 10.00 Å². The number of nitrogens with zero attached hydrogens (tertiary/aromatic N) is 3. The summed E-state index contributed by atoms with van der Waals surface area (Å²) in [5, 5.41) is 12.1. The van der Waals surface area contributed by atoms with Crippen LogP contribution in [0.2, 0.25) is 0 Å². The first-order valence-electron chi connectivity index (χ1n) is 12.5. The van der Waals surface area contributed by atoms with E-state index in [0.29, 0.717) is 22.9 Å². The number of halogens is 1. The summed E-state index contributed by atoms with van der Waals surface area (Å²) in [6, 6.07) is 21.6. The van der Waals surface area contributed by atoms with Crippen LogP contribution in [0.15, 0.2) is 72.8 Å². The van der Waals surface area contributed by atoms with Gasteiger partial charge < -0.3 is 10.1 Å². The highest BCUT2D eigenvalue weighted by Crippen LogP contribution is 2.24. The van der Waals surface area contributed by atoms with Crippen molar-refractivity contribution in [1.82, 2.24) is 10.2 Å². The number of carbonyl (C=O) groups is 1. The van der Waals surface area contributed by atoms with E-state index in [1.54, 1.807) is 24.3 Å². The number of nitriles is 1. The second-order valence-corrected chi connectivity index (χ2v) is 11.1. The van der Waals surface area contributed by atoms with Crippen LogP contribution in [-0.4, -0.2) is 51.3 Å². The zero-order chi connectivity index (χ0) is 27.8. The van der Waals surface area contributed by atoms with Gasteiger partial charge in [0.2, 0.25) is 10.0 Å². The molecule has 2 N–H and O–H groups in total. The number of nitrogens with one attached hydrogen (secondary N) is 2. The largest absolute Gasteiger partial charge is 0.457 e.